The first-order valence-electron chi connectivity index (χ1n) is 7.96. The molecule has 122 valence electrons. The molecule has 3 rings (SSSR count). The van der Waals surface area contributed by atoms with Crippen molar-refractivity contribution in [2.75, 3.05) is 13.1 Å². The van der Waals surface area contributed by atoms with Crippen molar-refractivity contribution >= 4 is 11.6 Å². The fourth-order valence-corrected chi connectivity index (χ4v) is 3.23. The molecule has 1 aliphatic heterocycles. The number of piperidine rings is 1. The van der Waals surface area contributed by atoms with Crippen LogP contribution in [0.25, 0.3) is 0 Å². The van der Waals surface area contributed by atoms with E-state index in [1.54, 1.807) is 0 Å². The van der Waals surface area contributed by atoms with Crippen molar-refractivity contribution < 1.29 is 9.13 Å². The van der Waals surface area contributed by atoms with Gasteiger partial charge < -0.3 is 10.1 Å². The average Bonchev–Trinajstić information content (AvgIpc) is 2.57. The highest BCUT2D eigenvalue weighted by atomic mass is 35.5. The van der Waals surface area contributed by atoms with Crippen LogP contribution >= 0.6 is 11.6 Å². The molecule has 2 nitrogen and oxygen atoms in total. The number of hydrogen-bond donors (Lipinski definition) is 1. The number of hydrogen-bond acceptors (Lipinski definition) is 2. The van der Waals surface area contributed by atoms with Gasteiger partial charge in [-0.25, -0.2) is 4.39 Å². The Morgan fingerprint density at radius 3 is 2.74 bits per heavy atom. The molecular formula is C19H21ClFNO. The van der Waals surface area contributed by atoms with Crippen molar-refractivity contribution in [3.63, 3.8) is 0 Å². The standard InChI is InChI=1S/C19H21ClFNO/c1-13-2-3-14(10-18(13)20)12-23-19-11-22-9-8-17(19)15-4-6-16(21)7-5-15/h2-7,10,17,19,22H,8-9,11-12H2,1H3. The van der Waals surface area contributed by atoms with E-state index in [0.717, 1.165) is 41.2 Å². The van der Waals surface area contributed by atoms with Gasteiger partial charge in [0, 0.05) is 17.5 Å². The predicted molar refractivity (Wildman–Crippen MR) is 91.4 cm³/mol. The number of ether oxygens (including phenoxy) is 1. The zero-order chi connectivity index (χ0) is 16.2. The SMILES string of the molecule is Cc1ccc(COC2CNCCC2c2ccc(F)cc2)cc1Cl. The van der Waals surface area contributed by atoms with Gasteiger partial charge in [-0.15, -0.1) is 0 Å². The molecule has 0 bridgehead atoms. The minimum Gasteiger partial charge on any atom is -0.372 e. The van der Waals surface area contributed by atoms with Crippen molar-refractivity contribution in [2.45, 2.75) is 32.0 Å². The first-order chi connectivity index (χ1) is 11.1. The van der Waals surface area contributed by atoms with Gasteiger partial charge >= 0.3 is 0 Å². The first-order valence-corrected chi connectivity index (χ1v) is 8.34. The molecular weight excluding hydrogens is 313 g/mol. The predicted octanol–water partition coefficient (Wildman–Crippen LogP) is 4.45. The van der Waals surface area contributed by atoms with E-state index in [1.807, 2.05) is 37.3 Å². The van der Waals surface area contributed by atoms with Crippen LogP contribution in [-0.2, 0) is 11.3 Å². The molecule has 1 heterocycles. The molecule has 23 heavy (non-hydrogen) atoms. The van der Waals surface area contributed by atoms with E-state index in [9.17, 15) is 4.39 Å². The molecule has 1 N–H and O–H groups in total. The molecule has 0 aromatic heterocycles. The van der Waals surface area contributed by atoms with E-state index in [2.05, 4.69) is 5.32 Å². The maximum absolute atomic E-state index is 13.1. The highest BCUT2D eigenvalue weighted by molar-refractivity contribution is 6.31. The Morgan fingerprint density at radius 1 is 1.22 bits per heavy atom. The molecule has 0 saturated carbocycles. The lowest BCUT2D eigenvalue weighted by atomic mass is 9.88. The Bertz CT molecular complexity index is 659. The molecule has 0 radical (unpaired) electrons. The summed E-state index contributed by atoms with van der Waals surface area (Å²) in [5, 5.41) is 4.14. The average molecular weight is 334 g/mol. The second-order valence-corrected chi connectivity index (χ2v) is 6.49. The van der Waals surface area contributed by atoms with E-state index < -0.39 is 0 Å². The fourth-order valence-electron chi connectivity index (χ4n) is 3.03. The van der Waals surface area contributed by atoms with Crippen molar-refractivity contribution in [3.8, 4) is 0 Å². The van der Waals surface area contributed by atoms with Crippen molar-refractivity contribution in [2.24, 2.45) is 0 Å². The molecule has 0 aliphatic carbocycles. The normalized spacial score (nSPS) is 21.3. The number of rotatable bonds is 4. The molecule has 1 saturated heterocycles. The largest absolute Gasteiger partial charge is 0.372 e. The summed E-state index contributed by atoms with van der Waals surface area (Å²) < 4.78 is 19.3. The minimum atomic E-state index is -0.200. The van der Waals surface area contributed by atoms with Gasteiger partial charge in [-0.2, -0.15) is 0 Å². The fraction of sp³-hybridized carbons (Fsp3) is 0.368. The van der Waals surface area contributed by atoms with Gasteiger partial charge in [-0.05, 0) is 54.8 Å². The Kier molecular flexibility index (Phi) is 5.31. The molecule has 4 heteroatoms. The Balaban J connectivity index is 1.69. The van der Waals surface area contributed by atoms with Crippen LogP contribution in [0.4, 0.5) is 4.39 Å². The highest BCUT2D eigenvalue weighted by Gasteiger charge is 2.27. The summed E-state index contributed by atoms with van der Waals surface area (Å²) in [6.07, 6.45) is 1.07. The van der Waals surface area contributed by atoms with E-state index in [1.165, 1.54) is 12.1 Å². The second kappa shape index (κ2) is 7.43. The van der Waals surface area contributed by atoms with Crippen molar-refractivity contribution in [1.29, 1.82) is 0 Å². The molecule has 1 fully saturated rings. The van der Waals surface area contributed by atoms with Gasteiger partial charge in [0.05, 0.1) is 12.7 Å². The smallest absolute Gasteiger partial charge is 0.123 e. The number of halogens is 2. The third kappa shape index (κ3) is 4.11. The molecule has 2 atom stereocenters. The van der Waals surface area contributed by atoms with E-state index in [4.69, 9.17) is 16.3 Å². The van der Waals surface area contributed by atoms with Crippen LogP contribution in [0.5, 0.6) is 0 Å². The summed E-state index contributed by atoms with van der Waals surface area (Å²) in [4.78, 5) is 0. The molecule has 0 amide bonds. The lowest BCUT2D eigenvalue weighted by molar-refractivity contribution is 0.0106. The lowest BCUT2D eigenvalue weighted by Crippen LogP contribution is -2.40. The summed E-state index contributed by atoms with van der Waals surface area (Å²) in [5.41, 5.74) is 3.28. The van der Waals surface area contributed by atoms with Crippen LogP contribution in [0.15, 0.2) is 42.5 Å². The quantitative estimate of drug-likeness (QED) is 0.892. The van der Waals surface area contributed by atoms with Gasteiger partial charge in [0.15, 0.2) is 0 Å². The van der Waals surface area contributed by atoms with Gasteiger partial charge in [0.1, 0.15) is 5.82 Å². The zero-order valence-electron chi connectivity index (χ0n) is 13.2. The van der Waals surface area contributed by atoms with Gasteiger partial charge in [-0.1, -0.05) is 35.9 Å². The summed E-state index contributed by atoms with van der Waals surface area (Å²) in [6.45, 7) is 4.28. The second-order valence-electron chi connectivity index (χ2n) is 6.08. The third-order valence-electron chi connectivity index (χ3n) is 4.42. The number of nitrogens with one attached hydrogen (secondary N) is 1. The number of benzene rings is 2. The number of aryl methyl sites for hydroxylation is 1. The molecule has 2 aromatic carbocycles. The molecule has 1 aliphatic rings. The minimum absolute atomic E-state index is 0.0780. The van der Waals surface area contributed by atoms with E-state index in [-0.39, 0.29) is 17.8 Å². The Labute approximate surface area is 141 Å². The van der Waals surface area contributed by atoms with Crippen LogP contribution in [0.1, 0.15) is 29.0 Å². The summed E-state index contributed by atoms with van der Waals surface area (Å²) in [6, 6.07) is 12.8. The van der Waals surface area contributed by atoms with E-state index >= 15 is 0 Å². The third-order valence-corrected chi connectivity index (χ3v) is 4.83. The van der Waals surface area contributed by atoms with Crippen LogP contribution in [0, 0.1) is 12.7 Å². The van der Waals surface area contributed by atoms with E-state index in [0.29, 0.717) is 6.61 Å². The molecule has 2 unspecified atom stereocenters. The topological polar surface area (TPSA) is 21.3 Å². The van der Waals surface area contributed by atoms with Crippen LogP contribution < -0.4 is 5.32 Å². The van der Waals surface area contributed by atoms with Gasteiger partial charge in [0.25, 0.3) is 0 Å². The molecule has 0 spiro atoms. The van der Waals surface area contributed by atoms with Crippen molar-refractivity contribution in [1.82, 2.24) is 5.32 Å². The van der Waals surface area contributed by atoms with Crippen molar-refractivity contribution in [3.05, 3.63) is 70.0 Å². The van der Waals surface area contributed by atoms with Crippen LogP contribution in [0.2, 0.25) is 5.02 Å². The van der Waals surface area contributed by atoms with Crippen LogP contribution in [-0.4, -0.2) is 19.2 Å². The lowest BCUT2D eigenvalue weighted by Gasteiger charge is -2.32. The Hall–Kier alpha value is -1.42. The maximum atomic E-state index is 13.1. The van der Waals surface area contributed by atoms with Crippen LogP contribution in [0.3, 0.4) is 0 Å². The zero-order valence-corrected chi connectivity index (χ0v) is 13.9. The summed E-state index contributed by atoms with van der Waals surface area (Å²) in [7, 11) is 0. The Morgan fingerprint density at radius 2 is 2.00 bits per heavy atom. The maximum Gasteiger partial charge on any atom is 0.123 e. The summed E-state index contributed by atoms with van der Waals surface area (Å²) >= 11 is 6.17. The monoisotopic (exact) mass is 333 g/mol. The van der Waals surface area contributed by atoms with Gasteiger partial charge in [0.2, 0.25) is 0 Å². The first kappa shape index (κ1) is 16.4. The molecule has 2 aromatic rings. The summed E-state index contributed by atoms with van der Waals surface area (Å²) in [5.74, 6) is 0.0900. The highest BCUT2D eigenvalue weighted by Crippen LogP contribution is 2.29. The van der Waals surface area contributed by atoms with Gasteiger partial charge in [-0.3, -0.25) is 0 Å².